The monoisotopic (exact) mass is 289 g/mol. The van der Waals surface area contributed by atoms with E-state index in [1.165, 1.54) is 4.70 Å². The summed E-state index contributed by atoms with van der Waals surface area (Å²) in [6, 6.07) is 8.05. The van der Waals surface area contributed by atoms with Gasteiger partial charge in [-0.3, -0.25) is 9.69 Å². The highest BCUT2D eigenvalue weighted by molar-refractivity contribution is 7.17. The van der Waals surface area contributed by atoms with Crippen LogP contribution in [0.25, 0.3) is 10.1 Å². The molecule has 1 aliphatic rings. The lowest BCUT2D eigenvalue weighted by atomic mass is 10.1. The van der Waals surface area contributed by atoms with E-state index in [4.69, 9.17) is 0 Å². The van der Waals surface area contributed by atoms with E-state index in [-0.39, 0.29) is 5.91 Å². The van der Waals surface area contributed by atoms with Crippen LogP contribution in [-0.2, 0) is 0 Å². The van der Waals surface area contributed by atoms with Crippen molar-refractivity contribution in [2.75, 3.05) is 39.3 Å². The van der Waals surface area contributed by atoms with E-state index < -0.39 is 0 Å². The van der Waals surface area contributed by atoms with Gasteiger partial charge in [0.15, 0.2) is 0 Å². The minimum Gasteiger partial charge on any atom is -0.351 e. The summed E-state index contributed by atoms with van der Waals surface area (Å²) in [6.07, 6.45) is 0. The average Bonchev–Trinajstić information content (AvgIpc) is 2.92. The van der Waals surface area contributed by atoms with Gasteiger partial charge < -0.3 is 10.6 Å². The fourth-order valence-electron chi connectivity index (χ4n) is 2.51. The summed E-state index contributed by atoms with van der Waals surface area (Å²) in [5, 5.41) is 9.36. The molecular formula is C15H19N3OS. The van der Waals surface area contributed by atoms with Gasteiger partial charge in [-0.1, -0.05) is 18.2 Å². The second kappa shape index (κ2) is 6.35. The van der Waals surface area contributed by atoms with Crippen molar-refractivity contribution >= 4 is 27.3 Å². The van der Waals surface area contributed by atoms with Crippen LogP contribution < -0.4 is 10.6 Å². The Hall–Kier alpha value is -1.43. The van der Waals surface area contributed by atoms with Crippen LogP contribution in [0.5, 0.6) is 0 Å². The predicted molar refractivity (Wildman–Crippen MR) is 83.5 cm³/mol. The second-order valence-electron chi connectivity index (χ2n) is 4.99. The number of thiophene rings is 1. The Kier molecular flexibility index (Phi) is 4.30. The first-order chi connectivity index (χ1) is 9.84. The smallest absolute Gasteiger partial charge is 0.252 e. The fourth-order valence-corrected chi connectivity index (χ4v) is 3.45. The van der Waals surface area contributed by atoms with Gasteiger partial charge in [0.25, 0.3) is 5.91 Å². The van der Waals surface area contributed by atoms with Gasteiger partial charge in [0.05, 0.1) is 5.56 Å². The van der Waals surface area contributed by atoms with Crippen molar-refractivity contribution in [3.05, 3.63) is 35.2 Å². The number of carbonyl (C=O) groups is 1. The van der Waals surface area contributed by atoms with Crippen molar-refractivity contribution in [2.24, 2.45) is 0 Å². The molecule has 0 unspecified atom stereocenters. The molecule has 1 amide bonds. The predicted octanol–water partition coefficient (Wildman–Crippen LogP) is 1.54. The van der Waals surface area contributed by atoms with E-state index >= 15 is 0 Å². The van der Waals surface area contributed by atoms with Crippen molar-refractivity contribution in [1.29, 1.82) is 0 Å². The Morgan fingerprint density at radius 1 is 1.30 bits per heavy atom. The van der Waals surface area contributed by atoms with Crippen LogP contribution >= 0.6 is 11.3 Å². The van der Waals surface area contributed by atoms with Gasteiger partial charge in [-0.05, 0) is 6.07 Å². The number of amides is 1. The maximum atomic E-state index is 12.2. The summed E-state index contributed by atoms with van der Waals surface area (Å²) in [7, 11) is 0. The lowest BCUT2D eigenvalue weighted by molar-refractivity contribution is 0.0949. The number of carbonyl (C=O) groups excluding carboxylic acids is 1. The van der Waals surface area contributed by atoms with E-state index in [2.05, 4.69) is 21.6 Å². The van der Waals surface area contributed by atoms with Crippen molar-refractivity contribution < 1.29 is 4.79 Å². The number of benzene rings is 1. The number of hydrogen-bond acceptors (Lipinski definition) is 4. The number of nitrogens with zero attached hydrogens (tertiary/aromatic N) is 1. The van der Waals surface area contributed by atoms with Gasteiger partial charge in [0.2, 0.25) is 0 Å². The zero-order chi connectivity index (χ0) is 13.8. The number of fused-ring (bicyclic) bond motifs is 1. The zero-order valence-corrected chi connectivity index (χ0v) is 12.2. The Labute approximate surface area is 122 Å². The summed E-state index contributed by atoms with van der Waals surface area (Å²) in [6.45, 7) is 5.86. The Morgan fingerprint density at radius 2 is 2.10 bits per heavy atom. The minimum atomic E-state index is 0.0394. The van der Waals surface area contributed by atoms with Crippen LogP contribution in [-0.4, -0.2) is 50.1 Å². The van der Waals surface area contributed by atoms with Crippen LogP contribution in [0.3, 0.4) is 0 Å². The molecule has 0 spiro atoms. The van der Waals surface area contributed by atoms with Gasteiger partial charge in [0, 0.05) is 54.7 Å². The highest BCUT2D eigenvalue weighted by Gasteiger charge is 2.13. The van der Waals surface area contributed by atoms with Gasteiger partial charge in [-0.2, -0.15) is 0 Å². The summed E-state index contributed by atoms with van der Waals surface area (Å²) >= 11 is 1.62. The zero-order valence-electron chi connectivity index (χ0n) is 11.4. The molecule has 0 radical (unpaired) electrons. The maximum Gasteiger partial charge on any atom is 0.252 e. The van der Waals surface area contributed by atoms with E-state index in [9.17, 15) is 4.79 Å². The highest BCUT2D eigenvalue weighted by atomic mass is 32.1. The van der Waals surface area contributed by atoms with Crippen LogP contribution in [0.4, 0.5) is 0 Å². The molecule has 1 aliphatic heterocycles. The molecule has 2 aromatic rings. The van der Waals surface area contributed by atoms with E-state index in [0.29, 0.717) is 6.54 Å². The Balaban J connectivity index is 1.56. The Morgan fingerprint density at radius 3 is 2.95 bits per heavy atom. The van der Waals surface area contributed by atoms with E-state index in [1.54, 1.807) is 11.3 Å². The summed E-state index contributed by atoms with van der Waals surface area (Å²) < 4.78 is 1.17. The SMILES string of the molecule is O=C(NCCN1CCNCC1)c1csc2ccccc12. The third kappa shape index (κ3) is 3.00. The third-order valence-corrected chi connectivity index (χ3v) is 4.61. The molecule has 0 bridgehead atoms. The maximum absolute atomic E-state index is 12.2. The van der Waals surface area contributed by atoms with Crippen molar-refractivity contribution in [3.63, 3.8) is 0 Å². The first-order valence-electron chi connectivity index (χ1n) is 7.02. The second-order valence-corrected chi connectivity index (χ2v) is 5.90. The highest BCUT2D eigenvalue weighted by Crippen LogP contribution is 2.25. The van der Waals surface area contributed by atoms with Crippen molar-refractivity contribution in [1.82, 2.24) is 15.5 Å². The number of rotatable bonds is 4. The molecule has 2 heterocycles. The van der Waals surface area contributed by atoms with Gasteiger partial charge in [-0.25, -0.2) is 0 Å². The number of nitrogens with one attached hydrogen (secondary N) is 2. The largest absolute Gasteiger partial charge is 0.351 e. The average molecular weight is 289 g/mol. The molecule has 5 heteroatoms. The fraction of sp³-hybridized carbons (Fsp3) is 0.400. The molecule has 1 fully saturated rings. The van der Waals surface area contributed by atoms with Crippen molar-refractivity contribution in [2.45, 2.75) is 0 Å². The third-order valence-electron chi connectivity index (χ3n) is 3.65. The lowest BCUT2D eigenvalue weighted by Gasteiger charge is -2.27. The minimum absolute atomic E-state index is 0.0394. The van der Waals surface area contributed by atoms with Gasteiger partial charge >= 0.3 is 0 Å². The van der Waals surface area contributed by atoms with Gasteiger partial charge in [-0.15, -0.1) is 11.3 Å². The Bertz CT molecular complexity index is 590. The first-order valence-corrected chi connectivity index (χ1v) is 7.90. The standard InChI is InChI=1S/C15H19N3OS/c19-15(17-7-10-18-8-5-16-6-9-18)13-11-20-14-4-2-1-3-12(13)14/h1-4,11,16H,5-10H2,(H,17,19). The van der Waals surface area contributed by atoms with Crippen LogP contribution in [0.2, 0.25) is 0 Å². The molecule has 1 aromatic heterocycles. The van der Waals surface area contributed by atoms with Crippen LogP contribution in [0.1, 0.15) is 10.4 Å². The topological polar surface area (TPSA) is 44.4 Å². The van der Waals surface area contributed by atoms with Gasteiger partial charge in [0.1, 0.15) is 0 Å². The van der Waals surface area contributed by atoms with Crippen LogP contribution in [0.15, 0.2) is 29.6 Å². The molecule has 106 valence electrons. The molecule has 0 aliphatic carbocycles. The molecule has 1 saturated heterocycles. The molecular weight excluding hydrogens is 270 g/mol. The summed E-state index contributed by atoms with van der Waals surface area (Å²) in [5.41, 5.74) is 0.797. The molecule has 20 heavy (non-hydrogen) atoms. The van der Waals surface area contributed by atoms with Crippen LogP contribution in [0, 0.1) is 0 Å². The normalized spacial score (nSPS) is 16.4. The van der Waals surface area contributed by atoms with E-state index in [1.807, 2.05) is 23.6 Å². The lowest BCUT2D eigenvalue weighted by Crippen LogP contribution is -2.46. The molecule has 4 nitrogen and oxygen atoms in total. The molecule has 2 N–H and O–H groups in total. The summed E-state index contributed by atoms with van der Waals surface area (Å²) in [4.78, 5) is 14.6. The number of piperazine rings is 1. The van der Waals surface area contributed by atoms with E-state index in [0.717, 1.165) is 43.7 Å². The molecule has 0 saturated carbocycles. The summed E-state index contributed by atoms with van der Waals surface area (Å²) in [5.74, 6) is 0.0394. The molecule has 1 aromatic carbocycles. The number of hydrogen-bond donors (Lipinski definition) is 2. The first kappa shape index (κ1) is 13.5. The quantitative estimate of drug-likeness (QED) is 0.897. The molecule has 0 atom stereocenters. The molecule has 3 rings (SSSR count). The van der Waals surface area contributed by atoms with Crippen molar-refractivity contribution in [3.8, 4) is 0 Å².